The third kappa shape index (κ3) is 7.14. The molecule has 0 fully saturated rings. The molecule has 0 aliphatic heterocycles. The molecular formula is C25H22N2O5. The van der Waals surface area contributed by atoms with E-state index >= 15 is 0 Å². The molecule has 0 bridgehead atoms. The number of aliphatic carboxylic acids is 1. The lowest BCUT2D eigenvalue weighted by atomic mass is 10.2. The predicted molar refractivity (Wildman–Crippen MR) is 121 cm³/mol. The second kappa shape index (κ2) is 11.1. The number of rotatable bonds is 9. The molecule has 32 heavy (non-hydrogen) atoms. The number of carbonyl (C=O) groups excluding carboxylic acids is 2. The van der Waals surface area contributed by atoms with E-state index in [1.807, 2.05) is 54.6 Å². The highest BCUT2D eigenvalue weighted by Crippen LogP contribution is 2.16. The van der Waals surface area contributed by atoms with Gasteiger partial charge in [-0.3, -0.25) is 14.4 Å². The summed E-state index contributed by atoms with van der Waals surface area (Å²) in [5.74, 6) is -1.25. The summed E-state index contributed by atoms with van der Waals surface area (Å²) in [6.45, 7) is -0.000565. The number of anilines is 1. The van der Waals surface area contributed by atoms with Gasteiger partial charge >= 0.3 is 5.97 Å². The van der Waals surface area contributed by atoms with Crippen molar-refractivity contribution in [3.63, 3.8) is 0 Å². The van der Waals surface area contributed by atoms with Crippen LogP contribution >= 0.6 is 0 Å². The van der Waals surface area contributed by atoms with Crippen molar-refractivity contribution in [1.82, 2.24) is 5.32 Å². The van der Waals surface area contributed by atoms with Crippen LogP contribution in [-0.4, -0.2) is 29.4 Å². The van der Waals surface area contributed by atoms with Gasteiger partial charge in [-0.25, -0.2) is 0 Å². The Morgan fingerprint density at radius 1 is 0.906 bits per heavy atom. The fraction of sp³-hybridized carbons (Fsp3) is 0.0800. The molecule has 0 saturated heterocycles. The van der Waals surface area contributed by atoms with Gasteiger partial charge in [0.05, 0.1) is 0 Å². The summed E-state index contributed by atoms with van der Waals surface area (Å²) >= 11 is 0. The molecule has 3 rings (SSSR count). The molecular weight excluding hydrogens is 408 g/mol. The maximum absolute atomic E-state index is 12.2. The number of ether oxygens (including phenoxy) is 1. The van der Waals surface area contributed by atoms with Crippen molar-refractivity contribution in [2.24, 2.45) is 0 Å². The molecule has 7 heteroatoms. The molecule has 3 aromatic carbocycles. The molecule has 2 amide bonds. The lowest BCUT2D eigenvalue weighted by molar-refractivity contribution is -0.135. The van der Waals surface area contributed by atoms with Gasteiger partial charge in [0.25, 0.3) is 5.91 Å². The Labute approximate surface area is 185 Å². The van der Waals surface area contributed by atoms with Gasteiger partial charge in [0.1, 0.15) is 18.9 Å². The quantitative estimate of drug-likeness (QED) is 0.449. The first-order chi connectivity index (χ1) is 15.5. The molecule has 0 atom stereocenters. The fourth-order valence-corrected chi connectivity index (χ4v) is 2.77. The van der Waals surface area contributed by atoms with Crippen LogP contribution in [0.1, 0.15) is 21.5 Å². The van der Waals surface area contributed by atoms with Crippen LogP contribution in [0.2, 0.25) is 0 Å². The zero-order chi connectivity index (χ0) is 22.8. The van der Waals surface area contributed by atoms with Crippen LogP contribution in [0.15, 0.2) is 84.9 Å². The summed E-state index contributed by atoms with van der Waals surface area (Å²) in [5.41, 5.74) is 2.69. The van der Waals surface area contributed by atoms with Crippen molar-refractivity contribution < 1.29 is 24.2 Å². The van der Waals surface area contributed by atoms with E-state index < -0.39 is 18.4 Å². The van der Waals surface area contributed by atoms with Gasteiger partial charge < -0.3 is 20.5 Å². The van der Waals surface area contributed by atoms with E-state index in [1.54, 1.807) is 18.2 Å². The summed E-state index contributed by atoms with van der Waals surface area (Å²) in [6.07, 6.45) is 3.09. The zero-order valence-corrected chi connectivity index (χ0v) is 17.2. The van der Waals surface area contributed by atoms with Crippen molar-refractivity contribution in [2.75, 3.05) is 11.9 Å². The highest BCUT2D eigenvalue weighted by Gasteiger charge is 2.07. The van der Waals surface area contributed by atoms with Gasteiger partial charge in [-0.15, -0.1) is 0 Å². The standard InChI is InChI=1S/C25H22N2O5/c28-23(27-21-12-10-20(11-13-21)25(31)26-16-24(29)30)14-9-18-7-4-8-22(15-18)32-17-19-5-2-1-3-6-19/h1-15H,16-17H2,(H,26,31)(H,27,28)(H,29,30)/b14-9+. The van der Waals surface area contributed by atoms with Gasteiger partial charge in [-0.1, -0.05) is 42.5 Å². The van der Waals surface area contributed by atoms with Crippen LogP contribution in [-0.2, 0) is 16.2 Å². The van der Waals surface area contributed by atoms with E-state index in [0.717, 1.165) is 11.1 Å². The van der Waals surface area contributed by atoms with Crippen molar-refractivity contribution in [2.45, 2.75) is 6.61 Å². The van der Waals surface area contributed by atoms with E-state index in [0.29, 0.717) is 23.6 Å². The van der Waals surface area contributed by atoms with Gasteiger partial charge in [0, 0.05) is 17.3 Å². The normalized spacial score (nSPS) is 10.5. The molecule has 0 radical (unpaired) electrons. The van der Waals surface area contributed by atoms with Gasteiger partial charge in [-0.05, 0) is 53.6 Å². The molecule has 0 aromatic heterocycles. The summed E-state index contributed by atoms with van der Waals surface area (Å²) in [6, 6.07) is 23.4. The van der Waals surface area contributed by atoms with Gasteiger partial charge in [0.2, 0.25) is 5.91 Å². The Hall–Kier alpha value is -4.39. The maximum atomic E-state index is 12.2. The molecule has 162 valence electrons. The first-order valence-electron chi connectivity index (χ1n) is 9.85. The summed E-state index contributed by atoms with van der Waals surface area (Å²) < 4.78 is 5.80. The fourth-order valence-electron chi connectivity index (χ4n) is 2.77. The number of carbonyl (C=O) groups is 3. The smallest absolute Gasteiger partial charge is 0.322 e. The lowest BCUT2D eigenvalue weighted by Gasteiger charge is -2.07. The SMILES string of the molecule is O=C(O)CNC(=O)c1ccc(NC(=O)/C=C/c2cccc(OCc3ccccc3)c2)cc1. The number of carboxylic acid groups (broad SMARTS) is 1. The van der Waals surface area contributed by atoms with E-state index in [1.165, 1.54) is 18.2 Å². The number of hydrogen-bond acceptors (Lipinski definition) is 4. The first kappa shape index (κ1) is 22.3. The minimum Gasteiger partial charge on any atom is -0.489 e. The van der Waals surface area contributed by atoms with Gasteiger partial charge in [0.15, 0.2) is 0 Å². The number of carboxylic acids is 1. The van der Waals surface area contributed by atoms with E-state index in [-0.39, 0.29) is 5.91 Å². The molecule has 7 nitrogen and oxygen atoms in total. The first-order valence-corrected chi connectivity index (χ1v) is 9.85. The van der Waals surface area contributed by atoms with Crippen molar-refractivity contribution >= 4 is 29.5 Å². The summed E-state index contributed by atoms with van der Waals surface area (Å²) in [5, 5.41) is 13.6. The van der Waals surface area contributed by atoms with Crippen LogP contribution in [0.4, 0.5) is 5.69 Å². The van der Waals surface area contributed by atoms with Crippen molar-refractivity contribution in [1.29, 1.82) is 0 Å². The molecule has 0 unspecified atom stereocenters. The molecule has 3 aromatic rings. The van der Waals surface area contributed by atoms with Crippen molar-refractivity contribution in [3.05, 3.63) is 102 Å². The Balaban J connectivity index is 1.52. The molecule has 0 spiro atoms. The lowest BCUT2D eigenvalue weighted by Crippen LogP contribution is -2.29. The van der Waals surface area contributed by atoms with Crippen LogP contribution in [0.25, 0.3) is 6.08 Å². The minimum absolute atomic E-state index is 0.298. The summed E-state index contributed by atoms with van der Waals surface area (Å²) in [7, 11) is 0. The Morgan fingerprint density at radius 3 is 2.38 bits per heavy atom. The third-order valence-corrected chi connectivity index (χ3v) is 4.35. The predicted octanol–water partition coefficient (Wildman–Crippen LogP) is 3.73. The second-order valence-electron chi connectivity index (χ2n) is 6.82. The molecule has 3 N–H and O–H groups in total. The molecule has 0 saturated carbocycles. The topological polar surface area (TPSA) is 105 Å². The van der Waals surface area contributed by atoms with Crippen LogP contribution in [0.5, 0.6) is 5.75 Å². The van der Waals surface area contributed by atoms with Gasteiger partial charge in [-0.2, -0.15) is 0 Å². The second-order valence-corrected chi connectivity index (χ2v) is 6.82. The number of nitrogens with one attached hydrogen (secondary N) is 2. The van der Waals surface area contributed by atoms with Crippen LogP contribution in [0, 0.1) is 0 Å². The minimum atomic E-state index is -1.12. The average molecular weight is 430 g/mol. The monoisotopic (exact) mass is 430 g/mol. The summed E-state index contributed by atoms with van der Waals surface area (Å²) in [4.78, 5) is 34.5. The Morgan fingerprint density at radius 2 is 1.66 bits per heavy atom. The van der Waals surface area contributed by atoms with Crippen LogP contribution in [0.3, 0.4) is 0 Å². The number of amides is 2. The molecule has 0 aliphatic rings. The van der Waals surface area contributed by atoms with E-state index in [2.05, 4.69) is 10.6 Å². The largest absolute Gasteiger partial charge is 0.489 e. The molecule has 0 aliphatic carbocycles. The van der Waals surface area contributed by atoms with E-state index in [9.17, 15) is 14.4 Å². The zero-order valence-electron chi connectivity index (χ0n) is 17.2. The molecule has 0 heterocycles. The van der Waals surface area contributed by atoms with Crippen LogP contribution < -0.4 is 15.4 Å². The average Bonchev–Trinajstić information content (AvgIpc) is 2.81. The van der Waals surface area contributed by atoms with E-state index in [4.69, 9.17) is 9.84 Å². The third-order valence-electron chi connectivity index (χ3n) is 4.35. The Bertz CT molecular complexity index is 1110. The Kier molecular flexibility index (Phi) is 7.75. The number of benzene rings is 3. The highest BCUT2D eigenvalue weighted by atomic mass is 16.5. The number of hydrogen-bond donors (Lipinski definition) is 3. The maximum Gasteiger partial charge on any atom is 0.322 e. The highest BCUT2D eigenvalue weighted by molar-refractivity contribution is 6.02. The van der Waals surface area contributed by atoms with Crippen molar-refractivity contribution in [3.8, 4) is 5.75 Å².